The van der Waals surface area contributed by atoms with E-state index in [0.29, 0.717) is 16.5 Å². The standard InChI is InChI=1S/C12H11ClN4O/c1-18-12-10(6-15-7-16-12)11(14)17-9-4-2-8(13)3-5-9/h2-7H,1H3,(H2,14,17). The van der Waals surface area contributed by atoms with E-state index in [9.17, 15) is 0 Å². The summed E-state index contributed by atoms with van der Waals surface area (Å²) in [5.74, 6) is 0.520. The third-order valence-corrected chi connectivity index (χ3v) is 2.50. The normalized spacial score (nSPS) is 9.89. The minimum Gasteiger partial charge on any atom is -0.480 e. The summed E-state index contributed by atoms with van der Waals surface area (Å²) >= 11 is 5.79. The Labute approximate surface area is 109 Å². The molecule has 0 aliphatic carbocycles. The maximum Gasteiger partial charge on any atom is 0.227 e. The largest absolute Gasteiger partial charge is 0.480 e. The number of nitrogens with zero attached hydrogens (tertiary/aromatic N) is 2. The molecule has 2 rings (SSSR count). The Morgan fingerprint density at radius 2 is 2.06 bits per heavy atom. The SMILES string of the molecule is COc1ncncc1C(=N)Nc1ccc(Cl)cc1. The number of halogens is 1. The molecule has 0 aliphatic heterocycles. The van der Waals surface area contributed by atoms with Gasteiger partial charge in [0.2, 0.25) is 5.88 Å². The van der Waals surface area contributed by atoms with Gasteiger partial charge in [0.1, 0.15) is 12.2 Å². The molecule has 2 N–H and O–H groups in total. The number of hydrogen-bond acceptors (Lipinski definition) is 4. The Hall–Kier alpha value is -2.14. The number of benzene rings is 1. The lowest BCUT2D eigenvalue weighted by atomic mass is 10.2. The van der Waals surface area contributed by atoms with Crippen LogP contribution in [0.1, 0.15) is 5.56 Å². The summed E-state index contributed by atoms with van der Waals surface area (Å²) in [5, 5.41) is 11.5. The first-order chi connectivity index (χ1) is 8.70. The minimum absolute atomic E-state index is 0.162. The summed E-state index contributed by atoms with van der Waals surface area (Å²) in [6.07, 6.45) is 2.90. The first-order valence-corrected chi connectivity index (χ1v) is 5.54. The van der Waals surface area contributed by atoms with Crippen molar-refractivity contribution in [3.63, 3.8) is 0 Å². The van der Waals surface area contributed by atoms with Crippen molar-refractivity contribution in [3.8, 4) is 5.88 Å². The van der Waals surface area contributed by atoms with Crippen molar-refractivity contribution >= 4 is 23.1 Å². The molecule has 0 spiro atoms. The van der Waals surface area contributed by atoms with Gasteiger partial charge in [-0.2, -0.15) is 0 Å². The molecular formula is C12H11ClN4O. The lowest BCUT2D eigenvalue weighted by Crippen LogP contribution is -2.14. The van der Waals surface area contributed by atoms with Crippen LogP contribution >= 0.6 is 11.6 Å². The van der Waals surface area contributed by atoms with Gasteiger partial charge < -0.3 is 10.1 Å². The monoisotopic (exact) mass is 262 g/mol. The van der Waals surface area contributed by atoms with Crippen LogP contribution in [0, 0.1) is 5.41 Å². The molecule has 0 radical (unpaired) electrons. The van der Waals surface area contributed by atoms with E-state index in [1.165, 1.54) is 19.6 Å². The van der Waals surface area contributed by atoms with Crippen molar-refractivity contribution in [2.75, 3.05) is 12.4 Å². The zero-order valence-electron chi connectivity index (χ0n) is 9.64. The summed E-state index contributed by atoms with van der Waals surface area (Å²) in [6, 6.07) is 7.06. The third-order valence-electron chi connectivity index (χ3n) is 2.25. The summed E-state index contributed by atoms with van der Waals surface area (Å²) in [4.78, 5) is 7.82. The van der Waals surface area contributed by atoms with E-state index in [1.54, 1.807) is 24.3 Å². The van der Waals surface area contributed by atoms with Gasteiger partial charge in [0.05, 0.1) is 12.7 Å². The smallest absolute Gasteiger partial charge is 0.227 e. The fourth-order valence-electron chi connectivity index (χ4n) is 1.40. The molecule has 0 fully saturated rings. The van der Waals surface area contributed by atoms with Crippen molar-refractivity contribution in [1.82, 2.24) is 9.97 Å². The number of nitrogens with one attached hydrogen (secondary N) is 2. The average Bonchev–Trinajstić information content (AvgIpc) is 2.41. The van der Waals surface area contributed by atoms with Crippen LogP contribution in [0.5, 0.6) is 5.88 Å². The highest BCUT2D eigenvalue weighted by Crippen LogP contribution is 2.17. The van der Waals surface area contributed by atoms with Crippen molar-refractivity contribution in [2.24, 2.45) is 0 Å². The summed E-state index contributed by atoms with van der Waals surface area (Å²) in [5.41, 5.74) is 1.25. The molecule has 0 saturated heterocycles. The van der Waals surface area contributed by atoms with Gasteiger partial charge in [0, 0.05) is 16.9 Å². The van der Waals surface area contributed by atoms with E-state index < -0.39 is 0 Å². The zero-order chi connectivity index (χ0) is 13.0. The average molecular weight is 263 g/mol. The Balaban J connectivity index is 2.19. The van der Waals surface area contributed by atoms with Crippen LogP contribution in [0.25, 0.3) is 0 Å². The highest BCUT2D eigenvalue weighted by molar-refractivity contribution is 6.30. The summed E-state index contributed by atoms with van der Waals surface area (Å²) in [6.45, 7) is 0. The second-order valence-corrected chi connectivity index (χ2v) is 3.89. The van der Waals surface area contributed by atoms with Crippen LogP contribution in [0.2, 0.25) is 5.02 Å². The predicted molar refractivity (Wildman–Crippen MR) is 70.5 cm³/mol. The number of anilines is 1. The van der Waals surface area contributed by atoms with E-state index >= 15 is 0 Å². The molecule has 1 aromatic carbocycles. The quantitative estimate of drug-likeness (QED) is 0.659. The van der Waals surface area contributed by atoms with E-state index in [-0.39, 0.29) is 5.84 Å². The van der Waals surface area contributed by atoms with Crippen LogP contribution in [-0.2, 0) is 0 Å². The second kappa shape index (κ2) is 5.46. The fourth-order valence-corrected chi connectivity index (χ4v) is 1.52. The molecule has 5 nitrogen and oxygen atoms in total. The number of rotatable bonds is 3. The minimum atomic E-state index is 0.162. The number of ether oxygens (including phenoxy) is 1. The molecule has 0 unspecified atom stereocenters. The highest BCUT2D eigenvalue weighted by atomic mass is 35.5. The Bertz CT molecular complexity index is 556. The van der Waals surface area contributed by atoms with Crippen molar-refractivity contribution < 1.29 is 4.74 Å². The van der Waals surface area contributed by atoms with Crippen LogP contribution in [0.15, 0.2) is 36.8 Å². The van der Waals surface area contributed by atoms with Crippen molar-refractivity contribution in [1.29, 1.82) is 5.41 Å². The third kappa shape index (κ3) is 2.75. The van der Waals surface area contributed by atoms with Crippen LogP contribution in [0.3, 0.4) is 0 Å². The molecule has 6 heteroatoms. The molecule has 92 valence electrons. The second-order valence-electron chi connectivity index (χ2n) is 3.45. The lowest BCUT2D eigenvalue weighted by molar-refractivity contribution is 0.396. The number of amidine groups is 1. The van der Waals surface area contributed by atoms with E-state index in [0.717, 1.165) is 5.69 Å². The van der Waals surface area contributed by atoms with Gasteiger partial charge in [-0.1, -0.05) is 11.6 Å². The predicted octanol–water partition coefficient (Wildman–Crippen LogP) is 2.58. The van der Waals surface area contributed by atoms with Gasteiger partial charge in [-0.25, -0.2) is 9.97 Å². The van der Waals surface area contributed by atoms with E-state index in [1.807, 2.05) is 0 Å². The van der Waals surface area contributed by atoms with Gasteiger partial charge in [-0.3, -0.25) is 5.41 Å². The van der Waals surface area contributed by atoms with E-state index in [4.69, 9.17) is 21.7 Å². The van der Waals surface area contributed by atoms with Gasteiger partial charge in [0.25, 0.3) is 0 Å². The maximum atomic E-state index is 7.96. The maximum absolute atomic E-state index is 7.96. The first-order valence-electron chi connectivity index (χ1n) is 5.16. The molecular weight excluding hydrogens is 252 g/mol. The van der Waals surface area contributed by atoms with Crippen molar-refractivity contribution in [2.45, 2.75) is 0 Å². The van der Waals surface area contributed by atoms with Crippen LogP contribution in [-0.4, -0.2) is 22.9 Å². The van der Waals surface area contributed by atoms with Gasteiger partial charge in [-0.05, 0) is 24.3 Å². The molecule has 0 saturated carbocycles. The number of hydrogen-bond donors (Lipinski definition) is 2. The van der Waals surface area contributed by atoms with Gasteiger partial charge in [-0.15, -0.1) is 0 Å². The zero-order valence-corrected chi connectivity index (χ0v) is 10.4. The molecule has 0 atom stereocenters. The van der Waals surface area contributed by atoms with Gasteiger partial charge >= 0.3 is 0 Å². The van der Waals surface area contributed by atoms with Crippen molar-refractivity contribution in [3.05, 3.63) is 47.4 Å². The summed E-state index contributed by atoms with van der Waals surface area (Å²) < 4.78 is 5.07. The molecule has 2 aromatic rings. The first kappa shape index (κ1) is 12.3. The fraction of sp³-hybridized carbons (Fsp3) is 0.0833. The Kier molecular flexibility index (Phi) is 3.74. The molecule has 0 amide bonds. The number of aromatic nitrogens is 2. The molecule has 18 heavy (non-hydrogen) atoms. The molecule has 0 aliphatic rings. The van der Waals surface area contributed by atoms with Crippen LogP contribution in [0.4, 0.5) is 5.69 Å². The molecule has 1 aromatic heterocycles. The number of methoxy groups -OCH3 is 1. The van der Waals surface area contributed by atoms with E-state index in [2.05, 4.69) is 15.3 Å². The van der Waals surface area contributed by atoms with Gasteiger partial charge in [0.15, 0.2) is 0 Å². The Morgan fingerprint density at radius 1 is 1.33 bits per heavy atom. The Morgan fingerprint density at radius 3 is 2.72 bits per heavy atom. The summed E-state index contributed by atoms with van der Waals surface area (Å²) in [7, 11) is 1.50. The molecule has 0 bridgehead atoms. The topological polar surface area (TPSA) is 70.9 Å². The lowest BCUT2D eigenvalue weighted by Gasteiger charge is -2.10. The highest BCUT2D eigenvalue weighted by Gasteiger charge is 2.10. The molecule has 1 heterocycles. The van der Waals surface area contributed by atoms with Crippen LogP contribution < -0.4 is 10.1 Å².